The number of imidazole rings is 1. The summed E-state index contributed by atoms with van der Waals surface area (Å²) in [5.74, 6) is 1.04. The molecule has 0 atom stereocenters. The van der Waals surface area contributed by atoms with Crippen LogP contribution in [-0.4, -0.2) is 9.55 Å². The third-order valence-corrected chi connectivity index (χ3v) is 5.58. The van der Waals surface area contributed by atoms with E-state index in [-0.39, 0.29) is 0 Å². The number of hydrogen-bond acceptors (Lipinski definition) is 1. The number of aryl methyl sites for hydroxylation is 4. The molecule has 0 unspecified atom stereocenters. The Morgan fingerprint density at radius 2 is 1.96 bits per heavy atom. The van der Waals surface area contributed by atoms with Crippen LogP contribution in [0.2, 0.25) is 0 Å². The van der Waals surface area contributed by atoms with Crippen LogP contribution in [0.1, 0.15) is 32.2 Å². The van der Waals surface area contributed by atoms with Gasteiger partial charge in [0.15, 0.2) is 6.20 Å². The fourth-order valence-corrected chi connectivity index (χ4v) is 4.28. The van der Waals surface area contributed by atoms with Crippen LogP contribution >= 0.6 is 0 Å². The second kappa shape index (κ2) is 5.28. The van der Waals surface area contributed by atoms with E-state index in [0.29, 0.717) is 5.56 Å². The van der Waals surface area contributed by atoms with E-state index >= 15 is 0 Å². The summed E-state index contributed by atoms with van der Waals surface area (Å²) >= 11 is 0. The zero-order valence-corrected chi connectivity index (χ0v) is 15.2. The van der Waals surface area contributed by atoms with E-state index in [4.69, 9.17) is 4.11 Å². The molecule has 5 rings (SSSR count). The van der Waals surface area contributed by atoms with Gasteiger partial charge in [-0.25, -0.2) is 9.55 Å². The quantitative estimate of drug-likeness (QED) is 0.415. The second-order valence-electron chi connectivity index (χ2n) is 7.13. The minimum absolute atomic E-state index is 0.395. The van der Waals surface area contributed by atoms with Crippen LogP contribution in [-0.2, 0) is 13.5 Å². The van der Waals surface area contributed by atoms with Crippen molar-refractivity contribution in [3.63, 3.8) is 0 Å². The molecule has 0 radical (unpaired) electrons. The van der Waals surface area contributed by atoms with Crippen molar-refractivity contribution in [1.82, 2.24) is 9.55 Å². The Labute approximate surface area is 157 Å². The van der Waals surface area contributed by atoms with Crippen LogP contribution in [0, 0.1) is 20.7 Å². The largest absolute Gasteiger partial charge is 0.303 e. The Morgan fingerprint density at radius 3 is 2.77 bits per heavy atom. The first-order chi connectivity index (χ1) is 13.8. The minimum Gasteiger partial charge on any atom is -0.303 e. The number of aromatic nitrogens is 3. The lowest BCUT2D eigenvalue weighted by molar-refractivity contribution is -0.660. The summed E-state index contributed by atoms with van der Waals surface area (Å²) in [5, 5.41) is 2.43. The lowest BCUT2D eigenvalue weighted by Gasteiger charge is -2.16. The van der Waals surface area contributed by atoms with Gasteiger partial charge >= 0.3 is 0 Å². The average molecular weight is 343 g/mol. The summed E-state index contributed by atoms with van der Waals surface area (Å²) in [5.41, 5.74) is 7.03. The zero-order chi connectivity index (χ0) is 20.5. The van der Waals surface area contributed by atoms with E-state index in [0.717, 1.165) is 23.5 Å². The molecule has 4 aromatic rings. The maximum absolute atomic E-state index is 7.83. The number of rotatable bonds is 1. The van der Waals surface area contributed by atoms with E-state index in [9.17, 15) is 0 Å². The SMILES string of the molecule is [2H]C([2H])([2H])c1c[n+](C)c(-c2c3c(c4ccccc4c2C)-n2ccnc2C3)cc1C. The molecule has 0 amide bonds. The maximum atomic E-state index is 7.83. The van der Waals surface area contributed by atoms with E-state index in [1.807, 2.05) is 37.0 Å². The van der Waals surface area contributed by atoms with Crippen molar-refractivity contribution >= 4 is 10.8 Å². The zero-order valence-electron chi connectivity index (χ0n) is 18.2. The highest BCUT2D eigenvalue weighted by Crippen LogP contribution is 2.42. The lowest BCUT2D eigenvalue weighted by atomic mass is 9.89. The van der Waals surface area contributed by atoms with Gasteiger partial charge in [-0.15, -0.1) is 0 Å². The average Bonchev–Trinajstić information content (AvgIpc) is 3.24. The van der Waals surface area contributed by atoms with E-state index < -0.39 is 6.85 Å². The number of nitrogens with zero attached hydrogens (tertiary/aromatic N) is 3. The molecule has 1 aliphatic rings. The Bertz CT molecular complexity index is 1300. The molecule has 0 saturated heterocycles. The normalized spacial score (nSPS) is 14.7. The summed E-state index contributed by atoms with van der Waals surface area (Å²) in [7, 11) is 1.93. The highest BCUT2D eigenvalue weighted by molar-refractivity contribution is 6.00. The van der Waals surface area contributed by atoms with Crippen LogP contribution in [0.5, 0.6) is 0 Å². The number of benzene rings is 2. The molecule has 0 aliphatic carbocycles. The van der Waals surface area contributed by atoms with Gasteiger partial charge in [-0.05, 0) is 42.8 Å². The monoisotopic (exact) mass is 343 g/mol. The minimum atomic E-state index is -2.12. The van der Waals surface area contributed by atoms with Crippen molar-refractivity contribution in [3.05, 3.63) is 77.0 Å². The third kappa shape index (κ3) is 1.94. The summed E-state index contributed by atoms with van der Waals surface area (Å²) in [6, 6.07) is 10.5. The molecule has 3 nitrogen and oxygen atoms in total. The first-order valence-electron chi connectivity index (χ1n) is 10.4. The van der Waals surface area contributed by atoms with Gasteiger partial charge in [-0.3, -0.25) is 0 Å². The summed E-state index contributed by atoms with van der Waals surface area (Å²) < 4.78 is 27.6. The topological polar surface area (TPSA) is 21.7 Å². The number of hydrogen-bond donors (Lipinski definition) is 0. The molecule has 0 bridgehead atoms. The highest BCUT2D eigenvalue weighted by atomic mass is 15.1. The van der Waals surface area contributed by atoms with E-state index in [2.05, 4.69) is 40.7 Å². The van der Waals surface area contributed by atoms with E-state index in [1.165, 1.54) is 33.2 Å². The summed E-state index contributed by atoms with van der Waals surface area (Å²) in [4.78, 5) is 4.55. The molecule has 128 valence electrons. The molecule has 3 heteroatoms. The van der Waals surface area contributed by atoms with Crippen LogP contribution < -0.4 is 4.57 Å². The Hall–Kier alpha value is -2.94. The highest BCUT2D eigenvalue weighted by Gasteiger charge is 2.29. The van der Waals surface area contributed by atoms with Crippen molar-refractivity contribution in [1.29, 1.82) is 0 Å². The van der Waals surface area contributed by atoms with Crippen LogP contribution in [0.25, 0.3) is 27.7 Å². The molecule has 1 aliphatic heterocycles. The number of fused-ring (bicyclic) bond motifs is 5. The summed E-state index contributed by atoms with van der Waals surface area (Å²) in [6.07, 6.45) is 6.40. The second-order valence-corrected chi connectivity index (χ2v) is 7.13. The van der Waals surface area contributed by atoms with Crippen molar-refractivity contribution in [3.8, 4) is 16.9 Å². The Balaban J connectivity index is 1.87. The number of pyridine rings is 1. The van der Waals surface area contributed by atoms with Gasteiger partial charge in [0.2, 0.25) is 5.69 Å². The van der Waals surface area contributed by atoms with Gasteiger partial charge in [0.1, 0.15) is 12.9 Å². The first-order valence-corrected chi connectivity index (χ1v) is 8.85. The van der Waals surface area contributed by atoms with E-state index in [1.54, 1.807) is 6.20 Å². The van der Waals surface area contributed by atoms with Crippen LogP contribution in [0.4, 0.5) is 0 Å². The predicted molar refractivity (Wildman–Crippen MR) is 105 cm³/mol. The molecule has 3 heterocycles. The Kier molecular flexibility index (Phi) is 2.52. The molecule has 0 saturated carbocycles. The molecule has 0 N–H and O–H groups in total. The van der Waals surface area contributed by atoms with Crippen molar-refractivity contribution in [2.45, 2.75) is 27.1 Å². The molecule has 26 heavy (non-hydrogen) atoms. The van der Waals surface area contributed by atoms with Gasteiger partial charge in [0.25, 0.3) is 0 Å². The van der Waals surface area contributed by atoms with Crippen molar-refractivity contribution in [2.75, 3.05) is 0 Å². The smallest absolute Gasteiger partial charge is 0.213 e. The third-order valence-electron chi connectivity index (χ3n) is 5.58. The fraction of sp³-hybridized carbons (Fsp3) is 0.217. The van der Waals surface area contributed by atoms with Crippen LogP contribution in [0.15, 0.2) is 48.9 Å². The molecule has 2 aromatic carbocycles. The van der Waals surface area contributed by atoms with Crippen LogP contribution in [0.3, 0.4) is 0 Å². The van der Waals surface area contributed by atoms with Gasteiger partial charge in [0, 0.05) is 39.9 Å². The molecule has 2 aromatic heterocycles. The maximum Gasteiger partial charge on any atom is 0.213 e. The van der Waals surface area contributed by atoms with Crippen molar-refractivity contribution in [2.24, 2.45) is 7.05 Å². The lowest BCUT2D eigenvalue weighted by Crippen LogP contribution is -2.32. The standard InChI is InChI=1S/C23H22N3/c1-14-11-20(25(4)13-15(14)2)22-16(3)17-7-5-6-8-18(17)23-19(22)12-21-24-9-10-26(21)23/h5-11,13H,12H2,1-4H3/q+1/i2D3. The Morgan fingerprint density at radius 1 is 1.15 bits per heavy atom. The molecular formula is C23H22N3+. The van der Waals surface area contributed by atoms with Gasteiger partial charge in [-0.2, -0.15) is 0 Å². The van der Waals surface area contributed by atoms with Gasteiger partial charge in [-0.1, -0.05) is 24.3 Å². The van der Waals surface area contributed by atoms with Gasteiger partial charge in [0.05, 0.1) is 11.3 Å². The molecular weight excluding hydrogens is 318 g/mol. The molecule has 0 fully saturated rings. The molecule has 0 spiro atoms. The predicted octanol–water partition coefficient (Wildman–Crippen LogP) is 4.35. The van der Waals surface area contributed by atoms with Gasteiger partial charge < -0.3 is 4.57 Å². The first kappa shape index (κ1) is 12.4. The van der Waals surface area contributed by atoms with Crippen molar-refractivity contribution < 1.29 is 8.68 Å². The summed E-state index contributed by atoms with van der Waals surface area (Å²) in [6.45, 7) is 1.92. The fourth-order valence-electron chi connectivity index (χ4n) is 4.28.